The van der Waals surface area contributed by atoms with Gasteiger partial charge in [0.25, 0.3) is 0 Å². The Morgan fingerprint density at radius 2 is 1.90 bits per heavy atom. The van der Waals surface area contributed by atoms with Crippen LogP contribution < -0.4 is 5.32 Å². The van der Waals surface area contributed by atoms with E-state index >= 15 is 0 Å². The van der Waals surface area contributed by atoms with Gasteiger partial charge in [0.05, 0.1) is 17.0 Å². The molecule has 1 atom stereocenters. The zero-order valence-corrected chi connectivity index (χ0v) is 14.7. The van der Waals surface area contributed by atoms with Crippen molar-refractivity contribution in [3.63, 3.8) is 0 Å². The van der Waals surface area contributed by atoms with Gasteiger partial charge in [-0.1, -0.05) is 32.4 Å². The summed E-state index contributed by atoms with van der Waals surface area (Å²) in [7, 11) is -2.97. The van der Waals surface area contributed by atoms with Gasteiger partial charge in [0.1, 0.15) is 16.8 Å². The van der Waals surface area contributed by atoms with E-state index in [-0.39, 0.29) is 16.9 Å². The van der Waals surface area contributed by atoms with E-state index in [0.29, 0.717) is 23.2 Å². The smallest absolute Gasteiger partial charge is 0.152 e. The first kappa shape index (κ1) is 16.5. The lowest BCUT2D eigenvalue weighted by Gasteiger charge is -2.27. The Labute approximate surface area is 131 Å². The molecule has 21 heavy (non-hydrogen) atoms. The topological polar surface area (TPSA) is 72.0 Å². The maximum atomic E-state index is 11.7. The van der Waals surface area contributed by atoms with E-state index in [0.717, 1.165) is 5.56 Å². The number of sulfone groups is 1. The van der Waals surface area contributed by atoms with E-state index in [2.05, 4.69) is 15.3 Å². The molecule has 1 saturated heterocycles. The van der Waals surface area contributed by atoms with Crippen molar-refractivity contribution in [2.24, 2.45) is 0 Å². The molecule has 0 amide bonds. The maximum Gasteiger partial charge on any atom is 0.152 e. The SMILES string of the molecule is Cc1c(Cl)nc(C(C)(C)C)nc1NC1(C)CCS(=O)(=O)C1. The molecular formula is C14H22ClN3O2S. The van der Waals surface area contributed by atoms with E-state index in [1.54, 1.807) is 0 Å². The molecule has 0 spiro atoms. The highest BCUT2D eigenvalue weighted by atomic mass is 35.5. The number of anilines is 1. The molecule has 5 nitrogen and oxygen atoms in total. The number of hydrogen-bond donors (Lipinski definition) is 1. The van der Waals surface area contributed by atoms with Crippen LogP contribution in [0.1, 0.15) is 45.5 Å². The zero-order valence-electron chi connectivity index (χ0n) is 13.1. The molecule has 0 radical (unpaired) electrons. The van der Waals surface area contributed by atoms with E-state index in [9.17, 15) is 8.42 Å². The Morgan fingerprint density at radius 3 is 2.38 bits per heavy atom. The van der Waals surface area contributed by atoms with Crippen molar-refractivity contribution in [1.82, 2.24) is 9.97 Å². The molecule has 2 heterocycles. The fraction of sp³-hybridized carbons (Fsp3) is 0.714. The molecule has 0 bridgehead atoms. The van der Waals surface area contributed by atoms with Gasteiger partial charge < -0.3 is 5.32 Å². The van der Waals surface area contributed by atoms with Crippen LogP contribution in [-0.4, -0.2) is 35.4 Å². The Hall–Kier alpha value is -0.880. The van der Waals surface area contributed by atoms with Crippen molar-refractivity contribution in [3.05, 3.63) is 16.5 Å². The van der Waals surface area contributed by atoms with Crippen molar-refractivity contribution in [2.75, 3.05) is 16.8 Å². The summed E-state index contributed by atoms with van der Waals surface area (Å²) >= 11 is 6.20. The number of halogens is 1. The molecule has 1 aromatic heterocycles. The van der Waals surface area contributed by atoms with Gasteiger partial charge in [-0.15, -0.1) is 0 Å². The lowest BCUT2D eigenvalue weighted by atomic mass is 9.95. The molecule has 7 heteroatoms. The normalized spacial score (nSPS) is 25.0. The monoisotopic (exact) mass is 331 g/mol. The first-order chi connectivity index (χ1) is 9.42. The third kappa shape index (κ3) is 3.66. The van der Waals surface area contributed by atoms with Crippen LogP contribution in [0.5, 0.6) is 0 Å². The molecule has 0 saturated carbocycles. The highest BCUT2D eigenvalue weighted by molar-refractivity contribution is 7.91. The maximum absolute atomic E-state index is 11.7. The molecule has 1 unspecified atom stereocenters. The number of hydrogen-bond acceptors (Lipinski definition) is 5. The molecule has 1 aliphatic rings. The largest absolute Gasteiger partial charge is 0.363 e. The summed E-state index contributed by atoms with van der Waals surface area (Å²) in [5.74, 6) is 1.59. The summed E-state index contributed by atoms with van der Waals surface area (Å²) in [6, 6.07) is 0. The number of nitrogens with zero attached hydrogens (tertiary/aromatic N) is 2. The molecule has 1 aromatic rings. The van der Waals surface area contributed by atoms with Crippen LogP contribution in [-0.2, 0) is 15.3 Å². The summed E-state index contributed by atoms with van der Waals surface area (Å²) in [6.07, 6.45) is 0.571. The summed E-state index contributed by atoms with van der Waals surface area (Å²) < 4.78 is 23.4. The minimum Gasteiger partial charge on any atom is -0.363 e. The molecule has 1 N–H and O–H groups in total. The second-order valence-corrected chi connectivity index (χ2v) is 9.63. The molecule has 2 rings (SSSR count). The first-order valence-corrected chi connectivity index (χ1v) is 9.15. The van der Waals surface area contributed by atoms with Crippen molar-refractivity contribution >= 4 is 27.3 Å². The van der Waals surface area contributed by atoms with Crippen LogP contribution in [0.25, 0.3) is 0 Å². The second-order valence-electron chi connectivity index (χ2n) is 7.09. The summed E-state index contributed by atoms with van der Waals surface area (Å²) in [4.78, 5) is 8.89. The Kier molecular flexibility index (Phi) is 4.00. The number of nitrogens with one attached hydrogen (secondary N) is 1. The molecule has 1 aliphatic heterocycles. The third-order valence-electron chi connectivity index (χ3n) is 3.68. The average Bonchev–Trinajstić information content (AvgIpc) is 2.58. The van der Waals surface area contributed by atoms with Crippen molar-refractivity contribution < 1.29 is 8.42 Å². The lowest BCUT2D eigenvalue weighted by Crippen LogP contribution is -2.37. The first-order valence-electron chi connectivity index (χ1n) is 6.95. The van der Waals surface area contributed by atoms with Crippen molar-refractivity contribution in [1.29, 1.82) is 0 Å². The molecule has 0 aliphatic carbocycles. The van der Waals surface area contributed by atoms with Gasteiger partial charge in [-0.2, -0.15) is 0 Å². The highest BCUT2D eigenvalue weighted by Crippen LogP contribution is 2.31. The van der Waals surface area contributed by atoms with Crippen LogP contribution >= 0.6 is 11.6 Å². The summed E-state index contributed by atoms with van der Waals surface area (Å²) in [5.41, 5.74) is 0.0162. The van der Waals surface area contributed by atoms with Gasteiger partial charge in [0, 0.05) is 11.0 Å². The minimum atomic E-state index is -2.97. The Morgan fingerprint density at radius 1 is 1.29 bits per heavy atom. The number of rotatable bonds is 2. The van der Waals surface area contributed by atoms with Gasteiger partial charge in [-0.25, -0.2) is 18.4 Å². The molecule has 118 valence electrons. The fourth-order valence-corrected chi connectivity index (χ4v) is 4.60. The molecule has 1 fully saturated rings. The van der Waals surface area contributed by atoms with Gasteiger partial charge >= 0.3 is 0 Å². The van der Waals surface area contributed by atoms with Crippen molar-refractivity contribution in [2.45, 2.75) is 52.0 Å². The summed E-state index contributed by atoms with van der Waals surface area (Å²) in [5, 5.41) is 3.68. The predicted octanol–water partition coefficient (Wildman–Crippen LogP) is 2.73. The summed E-state index contributed by atoms with van der Waals surface area (Å²) in [6.45, 7) is 9.78. The quantitative estimate of drug-likeness (QED) is 0.844. The Bertz CT molecular complexity index is 668. The van der Waals surface area contributed by atoms with E-state index in [4.69, 9.17) is 11.6 Å². The van der Waals surface area contributed by atoms with Crippen LogP contribution in [0, 0.1) is 6.92 Å². The standard InChI is InChI=1S/C14H22ClN3O2S/c1-9-10(15)16-12(13(2,3)4)17-11(9)18-14(5)6-7-21(19,20)8-14/h6-8H2,1-5H3,(H,16,17,18). The van der Waals surface area contributed by atoms with Crippen LogP contribution in [0.2, 0.25) is 5.15 Å². The van der Waals surface area contributed by atoms with Gasteiger partial charge in [0.15, 0.2) is 9.84 Å². The molecular weight excluding hydrogens is 310 g/mol. The van der Waals surface area contributed by atoms with E-state index in [1.807, 2.05) is 34.6 Å². The van der Waals surface area contributed by atoms with Crippen LogP contribution in [0.3, 0.4) is 0 Å². The van der Waals surface area contributed by atoms with Crippen LogP contribution in [0.15, 0.2) is 0 Å². The Balaban J connectivity index is 2.39. The highest BCUT2D eigenvalue weighted by Gasteiger charge is 2.39. The predicted molar refractivity (Wildman–Crippen MR) is 85.8 cm³/mol. The van der Waals surface area contributed by atoms with E-state index in [1.165, 1.54) is 0 Å². The number of aromatic nitrogens is 2. The van der Waals surface area contributed by atoms with Gasteiger partial charge in [-0.3, -0.25) is 0 Å². The second kappa shape index (κ2) is 5.09. The zero-order chi connectivity index (χ0) is 16.1. The van der Waals surface area contributed by atoms with Crippen LogP contribution in [0.4, 0.5) is 5.82 Å². The molecule has 0 aromatic carbocycles. The lowest BCUT2D eigenvalue weighted by molar-refractivity contribution is 0.538. The van der Waals surface area contributed by atoms with Crippen molar-refractivity contribution in [3.8, 4) is 0 Å². The minimum absolute atomic E-state index is 0.117. The third-order valence-corrected chi connectivity index (χ3v) is 5.95. The van der Waals surface area contributed by atoms with E-state index < -0.39 is 15.4 Å². The fourth-order valence-electron chi connectivity index (χ4n) is 2.34. The average molecular weight is 332 g/mol. The van der Waals surface area contributed by atoms with Gasteiger partial charge in [-0.05, 0) is 20.3 Å². The van der Waals surface area contributed by atoms with Gasteiger partial charge in [0.2, 0.25) is 0 Å².